The molecule has 1 aromatic carbocycles. The minimum absolute atomic E-state index is 0.124. The molecule has 0 aromatic heterocycles. The molecular formula is C14H21NO2. The first-order valence-corrected chi connectivity index (χ1v) is 6.44. The third kappa shape index (κ3) is 3.63. The van der Waals surface area contributed by atoms with E-state index in [1.807, 2.05) is 6.07 Å². The summed E-state index contributed by atoms with van der Waals surface area (Å²) < 4.78 is 5.76. The van der Waals surface area contributed by atoms with Gasteiger partial charge in [-0.2, -0.15) is 0 Å². The lowest BCUT2D eigenvalue weighted by Crippen LogP contribution is -2.37. The molecular weight excluding hydrogens is 214 g/mol. The van der Waals surface area contributed by atoms with Crippen molar-refractivity contribution in [3.63, 3.8) is 0 Å². The summed E-state index contributed by atoms with van der Waals surface area (Å²) in [6.45, 7) is 3.18. The van der Waals surface area contributed by atoms with Gasteiger partial charge in [-0.1, -0.05) is 18.6 Å². The highest BCUT2D eigenvalue weighted by atomic mass is 16.5. The third-order valence-corrected chi connectivity index (χ3v) is 3.22. The molecule has 17 heavy (non-hydrogen) atoms. The Kier molecular flexibility index (Phi) is 4.26. The molecule has 0 bridgehead atoms. The standard InChI is InChI=1S/C14H21NO2/c1-11(10-12-6-4-5-9-15-12)17-14-8-3-2-7-13(14)16/h2-3,7-8,11-12,15-16H,4-6,9-10H2,1H3. The first kappa shape index (κ1) is 12.2. The van der Waals surface area contributed by atoms with Crippen LogP contribution in [0.2, 0.25) is 0 Å². The number of piperidine rings is 1. The second kappa shape index (κ2) is 5.92. The van der Waals surface area contributed by atoms with Gasteiger partial charge in [0.25, 0.3) is 0 Å². The Balaban J connectivity index is 1.84. The fraction of sp³-hybridized carbons (Fsp3) is 0.571. The quantitative estimate of drug-likeness (QED) is 0.843. The van der Waals surface area contributed by atoms with Gasteiger partial charge in [0.15, 0.2) is 11.5 Å². The number of ether oxygens (including phenoxy) is 1. The summed E-state index contributed by atoms with van der Waals surface area (Å²) in [4.78, 5) is 0. The number of nitrogens with one attached hydrogen (secondary N) is 1. The monoisotopic (exact) mass is 235 g/mol. The van der Waals surface area contributed by atoms with Crippen LogP contribution in [0.1, 0.15) is 32.6 Å². The van der Waals surface area contributed by atoms with E-state index in [1.165, 1.54) is 19.3 Å². The molecule has 1 aliphatic heterocycles. The molecule has 1 fully saturated rings. The SMILES string of the molecule is CC(CC1CCCCN1)Oc1ccccc1O. The zero-order valence-electron chi connectivity index (χ0n) is 10.4. The number of hydrogen-bond donors (Lipinski definition) is 2. The van der Waals surface area contributed by atoms with Crippen molar-refractivity contribution < 1.29 is 9.84 Å². The molecule has 2 unspecified atom stereocenters. The van der Waals surface area contributed by atoms with E-state index >= 15 is 0 Å². The highest BCUT2D eigenvalue weighted by Gasteiger charge is 2.17. The minimum atomic E-state index is 0.124. The van der Waals surface area contributed by atoms with Gasteiger partial charge in [-0.05, 0) is 44.9 Å². The van der Waals surface area contributed by atoms with Crippen LogP contribution >= 0.6 is 0 Å². The van der Waals surface area contributed by atoms with Gasteiger partial charge in [0.05, 0.1) is 6.10 Å². The van der Waals surface area contributed by atoms with Gasteiger partial charge in [-0.25, -0.2) is 0 Å². The highest BCUT2D eigenvalue weighted by Crippen LogP contribution is 2.26. The van der Waals surface area contributed by atoms with Crippen LogP contribution in [0, 0.1) is 0 Å². The summed E-state index contributed by atoms with van der Waals surface area (Å²) in [6.07, 6.45) is 4.94. The zero-order chi connectivity index (χ0) is 12.1. The fourth-order valence-corrected chi connectivity index (χ4v) is 2.35. The fourth-order valence-electron chi connectivity index (χ4n) is 2.35. The lowest BCUT2D eigenvalue weighted by atomic mass is 10.00. The van der Waals surface area contributed by atoms with E-state index in [2.05, 4.69) is 12.2 Å². The van der Waals surface area contributed by atoms with Crippen LogP contribution in [0.4, 0.5) is 0 Å². The van der Waals surface area contributed by atoms with E-state index in [1.54, 1.807) is 18.2 Å². The first-order valence-electron chi connectivity index (χ1n) is 6.44. The average molecular weight is 235 g/mol. The van der Waals surface area contributed by atoms with Crippen molar-refractivity contribution in [1.29, 1.82) is 0 Å². The number of hydrogen-bond acceptors (Lipinski definition) is 3. The van der Waals surface area contributed by atoms with Gasteiger partial charge in [0, 0.05) is 6.04 Å². The van der Waals surface area contributed by atoms with E-state index in [-0.39, 0.29) is 11.9 Å². The van der Waals surface area contributed by atoms with Crippen LogP contribution in [0.15, 0.2) is 24.3 Å². The summed E-state index contributed by atoms with van der Waals surface area (Å²) in [7, 11) is 0. The maximum Gasteiger partial charge on any atom is 0.161 e. The Morgan fingerprint density at radius 2 is 2.24 bits per heavy atom. The molecule has 0 radical (unpaired) electrons. The number of phenolic OH excluding ortho intramolecular Hbond substituents is 1. The van der Waals surface area contributed by atoms with Crippen LogP contribution in [-0.4, -0.2) is 23.8 Å². The smallest absolute Gasteiger partial charge is 0.161 e. The molecule has 3 heteroatoms. The second-order valence-corrected chi connectivity index (χ2v) is 4.78. The van der Waals surface area contributed by atoms with Crippen molar-refractivity contribution in [2.75, 3.05) is 6.54 Å². The summed E-state index contributed by atoms with van der Waals surface area (Å²) in [5.41, 5.74) is 0. The van der Waals surface area contributed by atoms with Crippen LogP contribution in [-0.2, 0) is 0 Å². The molecule has 1 aromatic rings. The second-order valence-electron chi connectivity index (χ2n) is 4.78. The highest BCUT2D eigenvalue weighted by molar-refractivity contribution is 5.38. The molecule has 0 amide bonds. The Bertz CT molecular complexity index is 348. The molecule has 2 rings (SSSR count). The van der Waals surface area contributed by atoms with Crippen molar-refractivity contribution in [2.24, 2.45) is 0 Å². The van der Waals surface area contributed by atoms with E-state index in [0.29, 0.717) is 11.8 Å². The summed E-state index contributed by atoms with van der Waals surface area (Å²) in [5.74, 6) is 0.798. The number of rotatable bonds is 4. The maximum atomic E-state index is 9.62. The molecule has 2 atom stereocenters. The van der Waals surface area contributed by atoms with Crippen LogP contribution in [0.5, 0.6) is 11.5 Å². The summed E-state index contributed by atoms with van der Waals surface area (Å²) in [5, 5.41) is 13.1. The third-order valence-electron chi connectivity index (χ3n) is 3.22. The van der Waals surface area contributed by atoms with Crippen molar-refractivity contribution in [3.05, 3.63) is 24.3 Å². The molecule has 1 heterocycles. The average Bonchev–Trinajstić information content (AvgIpc) is 2.33. The Labute approximate surface area is 103 Å². The molecule has 1 saturated heterocycles. The van der Waals surface area contributed by atoms with Crippen LogP contribution < -0.4 is 10.1 Å². The number of phenols is 1. The van der Waals surface area contributed by atoms with Crippen molar-refractivity contribution in [3.8, 4) is 11.5 Å². The van der Waals surface area contributed by atoms with Gasteiger partial charge < -0.3 is 15.2 Å². The van der Waals surface area contributed by atoms with Crippen molar-refractivity contribution >= 4 is 0 Å². The summed E-state index contributed by atoms with van der Waals surface area (Å²) in [6, 6.07) is 7.70. The Morgan fingerprint density at radius 3 is 2.94 bits per heavy atom. The first-order chi connectivity index (χ1) is 8.25. The van der Waals surface area contributed by atoms with Gasteiger partial charge >= 0.3 is 0 Å². The molecule has 1 aliphatic rings. The van der Waals surface area contributed by atoms with Crippen LogP contribution in [0.25, 0.3) is 0 Å². The lowest BCUT2D eigenvalue weighted by Gasteiger charge is -2.26. The predicted molar refractivity (Wildman–Crippen MR) is 68.5 cm³/mol. The number of benzene rings is 1. The molecule has 0 aliphatic carbocycles. The molecule has 2 N–H and O–H groups in total. The Morgan fingerprint density at radius 1 is 1.41 bits per heavy atom. The normalized spacial score (nSPS) is 22.1. The van der Waals surface area contributed by atoms with Gasteiger partial charge in [0.1, 0.15) is 0 Å². The maximum absolute atomic E-state index is 9.62. The van der Waals surface area contributed by atoms with Gasteiger partial charge in [-0.3, -0.25) is 0 Å². The predicted octanol–water partition coefficient (Wildman–Crippen LogP) is 2.69. The van der Waals surface area contributed by atoms with E-state index in [9.17, 15) is 5.11 Å². The molecule has 3 nitrogen and oxygen atoms in total. The van der Waals surface area contributed by atoms with Gasteiger partial charge in [0.2, 0.25) is 0 Å². The summed E-state index contributed by atoms with van der Waals surface area (Å²) >= 11 is 0. The van der Waals surface area contributed by atoms with Crippen LogP contribution in [0.3, 0.4) is 0 Å². The lowest BCUT2D eigenvalue weighted by molar-refractivity contribution is 0.178. The largest absolute Gasteiger partial charge is 0.504 e. The van der Waals surface area contributed by atoms with Crippen molar-refractivity contribution in [1.82, 2.24) is 5.32 Å². The number of para-hydroxylation sites is 2. The van der Waals surface area contributed by atoms with E-state index < -0.39 is 0 Å². The zero-order valence-corrected chi connectivity index (χ0v) is 10.4. The minimum Gasteiger partial charge on any atom is -0.504 e. The van der Waals surface area contributed by atoms with Crippen molar-refractivity contribution in [2.45, 2.75) is 44.8 Å². The molecule has 0 spiro atoms. The van der Waals surface area contributed by atoms with E-state index in [0.717, 1.165) is 13.0 Å². The molecule has 94 valence electrons. The van der Waals surface area contributed by atoms with E-state index in [4.69, 9.17) is 4.74 Å². The topological polar surface area (TPSA) is 41.5 Å². The Hall–Kier alpha value is -1.22. The molecule has 0 saturated carbocycles. The van der Waals surface area contributed by atoms with Gasteiger partial charge in [-0.15, -0.1) is 0 Å². The number of aromatic hydroxyl groups is 1.